The Morgan fingerprint density at radius 3 is 2.53 bits per heavy atom. The summed E-state index contributed by atoms with van der Waals surface area (Å²) in [6.07, 6.45) is 0.907. The zero-order chi connectivity index (χ0) is 14.5. The minimum atomic E-state index is -3.01. The Morgan fingerprint density at radius 2 is 1.95 bits per heavy atom. The van der Waals surface area contributed by atoms with E-state index in [0.29, 0.717) is 18.4 Å². The van der Waals surface area contributed by atoms with Crippen LogP contribution in [0.5, 0.6) is 0 Å². The van der Waals surface area contributed by atoms with Gasteiger partial charge in [-0.25, -0.2) is 12.8 Å². The second-order valence-corrected chi connectivity index (χ2v) is 7.58. The molecule has 5 heteroatoms. The molecule has 1 rings (SSSR count). The average Bonchev–Trinajstić information content (AvgIpc) is 2.31. The fourth-order valence-electron chi connectivity index (χ4n) is 1.96. The van der Waals surface area contributed by atoms with Crippen molar-refractivity contribution < 1.29 is 17.9 Å². The molecular formula is C14H21FO3S. The largest absolute Gasteiger partial charge is 0.390 e. The van der Waals surface area contributed by atoms with Crippen LogP contribution < -0.4 is 0 Å². The van der Waals surface area contributed by atoms with Crippen molar-refractivity contribution in [2.45, 2.75) is 38.7 Å². The van der Waals surface area contributed by atoms with E-state index < -0.39 is 15.4 Å². The van der Waals surface area contributed by atoms with E-state index in [-0.39, 0.29) is 23.7 Å². The SMILES string of the molecule is CCS(=O)(=O)CCCC(C)(O)Cc1ccccc1F. The Kier molecular flexibility index (Phi) is 5.50. The lowest BCUT2D eigenvalue weighted by molar-refractivity contribution is 0.0499. The number of halogens is 1. The predicted octanol–water partition coefficient (Wildman–Crippen LogP) is 2.33. The average molecular weight is 288 g/mol. The summed E-state index contributed by atoms with van der Waals surface area (Å²) in [6.45, 7) is 3.21. The van der Waals surface area contributed by atoms with Gasteiger partial charge < -0.3 is 5.11 Å². The summed E-state index contributed by atoms with van der Waals surface area (Å²) in [5.41, 5.74) is -0.642. The number of benzene rings is 1. The van der Waals surface area contributed by atoms with Crippen LogP contribution in [0.25, 0.3) is 0 Å². The molecule has 0 spiro atoms. The molecule has 1 aromatic rings. The molecule has 19 heavy (non-hydrogen) atoms. The second kappa shape index (κ2) is 6.48. The molecule has 0 amide bonds. The maximum absolute atomic E-state index is 13.5. The van der Waals surface area contributed by atoms with Crippen molar-refractivity contribution in [3.63, 3.8) is 0 Å². The fraction of sp³-hybridized carbons (Fsp3) is 0.571. The first-order valence-corrected chi connectivity index (χ1v) is 8.24. The molecule has 0 heterocycles. The van der Waals surface area contributed by atoms with Gasteiger partial charge in [-0.3, -0.25) is 0 Å². The monoisotopic (exact) mass is 288 g/mol. The van der Waals surface area contributed by atoms with Gasteiger partial charge in [0.2, 0.25) is 0 Å². The molecule has 0 fully saturated rings. The molecular weight excluding hydrogens is 267 g/mol. The van der Waals surface area contributed by atoms with Crippen LogP contribution in [0.15, 0.2) is 24.3 Å². The highest BCUT2D eigenvalue weighted by molar-refractivity contribution is 7.91. The van der Waals surface area contributed by atoms with E-state index in [1.54, 1.807) is 32.0 Å². The Balaban J connectivity index is 2.55. The van der Waals surface area contributed by atoms with Gasteiger partial charge in [0.1, 0.15) is 15.7 Å². The molecule has 0 saturated heterocycles. The van der Waals surface area contributed by atoms with Crippen molar-refractivity contribution in [2.24, 2.45) is 0 Å². The third kappa shape index (κ3) is 5.70. The van der Waals surface area contributed by atoms with Gasteiger partial charge in [0, 0.05) is 12.2 Å². The third-order valence-electron chi connectivity index (χ3n) is 3.14. The van der Waals surface area contributed by atoms with E-state index >= 15 is 0 Å². The molecule has 0 radical (unpaired) electrons. The van der Waals surface area contributed by atoms with Crippen molar-refractivity contribution in [3.8, 4) is 0 Å². The highest BCUT2D eigenvalue weighted by Crippen LogP contribution is 2.21. The Hall–Kier alpha value is -0.940. The molecule has 1 aromatic carbocycles. The summed E-state index contributed by atoms with van der Waals surface area (Å²) in [7, 11) is -3.01. The maximum Gasteiger partial charge on any atom is 0.150 e. The van der Waals surface area contributed by atoms with Crippen molar-refractivity contribution in [1.82, 2.24) is 0 Å². The molecule has 0 saturated carbocycles. The van der Waals surface area contributed by atoms with Crippen molar-refractivity contribution in [1.29, 1.82) is 0 Å². The van der Waals surface area contributed by atoms with Gasteiger partial charge in [-0.2, -0.15) is 0 Å². The van der Waals surface area contributed by atoms with Crippen LogP contribution in [0.3, 0.4) is 0 Å². The molecule has 0 aliphatic heterocycles. The van der Waals surface area contributed by atoms with Crippen LogP contribution in [-0.2, 0) is 16.3 Å². The predicted molar refractivity (Wildman–Crippen MR) is 74.3 cm³/mol. The molecule has 0 aliphatic rings. The third-order valence-corrected chi connectivity index (χ3v) is 4.93. The van der Waals surface area contributed by atoms with Crippen molar-refractivity contribution in [2.75, 3.05) is 11.5 Å². The molecule has 0 aliphatic carbocycles. The zero-order valence-corrected chi connectivity index (χ0v) is 12.2. The standard InChI is InChI=1S/C14H21FO3S/c1-3-19(17,18)10-6-9-14(2,16)11-12-7-4-5-8-13(12)15/h4-5,7-8,16H,3,6,9-11H2,1-2H3. The number of rotatable bonds is 7. The highest BCUT2D eigenvalue weighted by Gasteiger charge is 2.23. The van der Waals surface area contributed by atoms with E-state index in [1.807, 2.05) is 0 Å². The Morgan fingerprint density at radius 1 is 1.32 bits per heavy atom. The smallest absolute Gasteiger partial charge is 0.150 e. The highest BCUT2D eigenvalue weighted by atomic mass is 32.2. The number of hydrogen-bond donors (Lipinski definition) is 1. The first-order valence-electron chi connectivity index (χ1n) is 6.42. The van der Waals surface area contributed by atoms with Crippen molar-refractivity contribution in [3.05, 3.63) is 35.6 Å². The Labute approximate surface area is 114 Å². The van der Waals surface area contributed by atoms with Gasteiger partial charge in [-0.05, 0) is 31.4 Å². The van der Waals surface area contributed by atoms with Crippen LogP contribution in [-0.4, -0.2) is 30.6 Å². The van der Waals surface area contributed by atoms with Gasteiger partial charge >= 0.3 is 0 Å². The van der Waals surface area contributed by atoms with Gasteiger partial charge in [-0.1, -0.05) is 25.1 Å². The lowest BCUT2D eigenvalue weighted by Crippen LogP contribution is -2.28. The van der Waals surface area contributed by atoms with Crippen molar-refractivity contribution >= 4 is 9.84 Å². The maximum atomic E-state index is 13.5. The molecule has 1 atom stereocenters. The van der Waals surface area contributed by atoms with Gasteiger partial charge in [0.05, 0.1) is 11.4 Å². The number of aliphatic hydroxyl groups is 1. The van der Waals surface area contributed by atoms with Crippen LogP contribution in [0.1, 0.15) is 32.3 Å². The van der Waals surface area contributed by atoms with E-state index in [0.717, 1.165) is 0 Å². The lowest BCUT2D eigenvalue weighted by atomic mass is 9.92. The Bertz CT molecular complexity index is 509. The first-order chi connectivity index (χ1) is 8.76. The molecule has 0 aromatic heterocycles. The first kappa shape index (κ1) is 16.1. The zero-order valence-electron chi connectivity index (χ0n) is 11.4. The summed E-state index contributed by atoms with van der Waals surface area (Å²) < 4.78 is 36.2. The number of hydrogen-bond acceptors (Lipinski definition) is 3. The molecule has 1 unspecified atom stereocenters. The summed E-state index contributed by atoms with van der Waals surface area (Å²) in [4.78, 5) is 0. The minimum absolute atomic E-state index is 0.0664. The van der Waals surface area contributed by atoms with E-state index in [9.17, 15) is 17.9 Å². The van der Waals surface area contributed by atoms with Crippen LogP contribution >= 0.6 is 0 Å². The van der Waals surface area contributed by atoms with Crippen LogP contribution in [0.4, 0.5) is 4.39 Å². The van der Waals surface area contributed by atoms with E-state index in [4.69, 9.17) is 0 Å². The molecule has 1 N–H and O–H groups in total. The summed E-state index contributed by atoms with van der Waals surface area (Å²) >= 11 is 0. The molecule has 3 nitrogen and oxygen atoms in total. The summed E-state index contributed by atoms with van der Waals surface area (Å²) in [6, 6.07) is 6.30. The van der Waals surface area contributed by atoms with E-state index in [1.165, 1.54) is 6.07 Å². The number of sulfone groups is 1. The molecule has 0 bridgehead atoms. The summed E-state index contributed by atoms with van der Waals surface area (Å²) in [5, 5.41) is 10.2. The van der Waals surface area contributed by atoms with E-state index in [2.05, 4.69) is 0 Å². The van der Waals surface area contributed by atoms with Gasteiger partial charge in [-0.15, -0.1) is 0 Å². The quantitative estimate of drug-likeness (QED) is 0.838. The fourth-order valence-corrected chi connectivity index (χ4v) is 2.83. The van der Waals surface area contributed by atoms with Gasteiger partial charge in [0.25, 0.3) is 0 Å². The second-order valence-electron chi connectivity index (χ2n) is 5.11. The molecule has 108 valence electrons. The minimum Gasteiger partial charge on any atom is -0.390 e. The van der Waals surface area contributed by atoms with Crippen LogP contribution in [0.2, 0.25) is 0 Å². The topological polar surface area (TPSA) is 54.4 Å². The summed E-state index contributed by atoms with van der Waals surface area (Å²) in [5.74, 6) is -0.164. The van der Waals surface area contributed by atoms with Crippen LogP contribution in [0, 0.1) is 5.82 Å². The van der Waals surface area contributed by atoms with Gasteiger partial charge in [0.15, 0.2) is 0 Å². The normalized spacial score (nSPS) is 15.2. The lowest BCUT2D eigenvalue weighted by Gasteiger charge is -2.23.